The Labute approximate surface area is 332 Å². The van der Waals surface area contributed by atoms with E-state index in [9.17, 15) is 19.2 Å². The van der Waals surface area contributed by atoms with Crippen LogP contribution in [0, 0.1) is 11.8 Å². The molecule has 7 rings (SSSR count). The summed E-state index contributed by atoms with van der Waals surface area (Å²) in [5.74, 6) is 0.581. The van der Waals surface area contributed by atoms with Crippen LogP contribution in [0.3, 0.4) is 0 Å². The van der Waals surface area contributed by atoms with Crippen molar-refractivity contribution in [3.8, 4) is 33.6 Å². The van der Waals surface area contributed by atoms with E-state index in [-0.39, 0.29) is 29.7 Å². The van der Waals surface area contributed by atoms with Gasteiger partial charge in [0.1, 0.15) is 29.8 Å². The zero-order valence-corrected chi connectivity index (χ0v) is 33.3. The fourth-order valence-corrected chi connectivity index (χ4v) is 8.04. The molecule has 4 N–H and O–H groups in total. The van der Waals surface area contributed by atoms with Gasteiger partial charge >= 0.3 is 12.2 Å². The molecule has 1 aliphatic carbocycles. The van der Waals surface area contributed by atoms with Gasteiger partial charge in [-0.05, 0) is 66.2 Å². The van der Waals surface area contributed by atoms with E-state index < -0.39 is 35.9 Å². The third-order valence-electron chi connectivity index (χ3n) is 11.5. The van der Waals surface area contributed by atoms with Crippen LogP contribution in [0.4, 0.5) is 9.59 Å². The maximum absolute atomic E-state index is 13.8. The predicted octanol–water partition coefficient (Wildman–Crippen LogP) is 6.69. The van der Waals surface area contributed by atoms with Crippen LogP contribution in [-0.4, -0.2) is 92.3 Å². The molecule has 4 heterocycles. The average Bonchev–Trinajstić information content (AvgIpc) is 4.04. The van der Waals surface area contributed by atoms with Crippen molar-refractivity contribution >= 4 is 24.0 Å². The van der Waals surface area contributed by atoms with Gasteiger partial charge in [0.2, 0.25) is 5.91 Å². The maximum Gasteiger partial charge on any atom is 0.407 e. The van der Waals surface area contributed by atoms with Gasteiger partial charge in [0.25, 0.3) is 5.91 Å². The Morgan fingerprint density at radius 1 is 0.719 bits per heavy atom. The fraction of sp³-hybridized carbons (Fsp3) is 0.476. The first-order chi connectivity index (χ1) is 27.4. The number of hydrogen-bond acceptors (Lipinski definition) is 9. The second-order valence-electron chi connectivity index (χ2n) is 15.9. The van der Waals surface area contributed by atoms with E-state index in [0.29, 0.717) is 18.8 Å². The first-order valence-corrected chi connectivity index (χ1v) is 19.7. The number of alkyl carbamates (subject to hydrolysis) is 2. The second-order valence-corrected chi connectivity index (χ2v) is 15.9. The van der Waals surface area contributed by atoms with E-state index in [1.165, 1.54) is 19.3 Å². The summed E-state index contributed by atoms with van der Waals surface area (Å²) in [5.41, 5.74) is 5.27. The molecule has 2 aromatic carbocycles. The molecule has 3 fully saturated rings. The van der Waals surface area contributed by atoms with Crippen molar-refractivity contribution in [2.24, 2.45) is 11.8 Å². The average molecular weight is 781 g/mol. The van der Waals surface area contributed by atoms with Crippen molar-refractivity contribution in [2.75, 3.05) is 20.8 Å². The molecule has 15 heteroatoms. The number of hydrogen-bond donors (Lipinski definition) is 4. The number of likely N-dealkylation sites (tertiary alicyclic amines) is 1. The van der Waals surface area contributed by atoms with Crippen molar-refractivity contribution in [1.29, 1.82) is 0 Å². The molecular formula is C42H52N8O7. The van der Waals surface area contributed by atoms with Gasteiger partial charge in [-0.2, -0.15) is 0 Å². The third-order valence-corrected chi connectivity index (χ3v) is 11.5. The Hall–Kier alpha value is -5.70. The number of ether oxygens (including phenoxy) is 2. The summed E-state index contributed by atoms with van der Waals surface area (Å²) in [6, 6.07) is 14.3. The zero-order chi connectivity index (χ0) is 40.4. The van der Waals surface area contributed by atoms with Gasteiger partial charge < -0.3 is 35.0 Å². The normalized spacial score (nSPS) is 19.7. The summed E-state index contributed by atoms with van der Waals surface area (Å²) >= 11 is 0. The van der Waals surface area contributed by atoms with Crippen LogP contribution in [-0.2, 0) is 23.9 Å². The lowest BCUT2D eigenvalue weighted by atomic mass is 9.77. The largest absolute Gasteiger partial charge is 0.453 e. The number of hydroxylamine groups is 2. The molecule has 4 atom stereocenters. The van der Waals surface area contributed by atoms with Crippen LogP contribution in [0.2, 0.25) is 0 Å². The molecule has 2 saturated heterocycles. The predicted molar refractivity (Wildman–Crippen MR) is 211 cm³/mol. The van der Waals surface area contributed by atoms with Crippen LogP contribution < -0.4 is 10.6 Å². The number of carbonyl (C=O) groups is 4. The summed E-state index contributed by atoms with van der Waals surface area (Å²) in [4.78, 5) is 75.8. The van der Waals surface area contributed by atoms with Crippen LogP contribution in [0.1, 0.15) is 90.0 Å². The smallest absolute Gasteiger partial charge is 0.407 e. The molecule has 0 bridgehead atoms. The highest BCUT2D eigenvalue weighted by Crippen LogP contribution is 2.50. The Morgan fingerprint density at radius 3 is 1.65 bits per heavy atom. The highest BCUT2D eigenvalue weighted by Gasteiger charge is 2.54. The molecule has 1 saturated carbocycles. The number of nitrogens with one attached hydrogen (secondary N) is 4. The molecule has 4 amide bonds. The summed E-state index contributed by atoms with van der Waals surface area (Å²) in [6.07, 6.45) is 7.29. The van der Waals surface area contributed by atoms with Crippen molar-refractivity contribution in [3.63, 3.8) is 0 Å². The molecule has 2 aromatic heterocycles. The lowest BCUT2D eigenvalue weighted by Crippen LogP contribution is -2.51. The van der Waals surface area contributed by atoms with Gasteiger partial charge in [0.05, 0.1) is 49.6 Å². The number of imidazole rings is 2. The van der Waals surface area contributed by atoms with E-state index >= 15 is 0 Å². The Bertz CT molecular complexity index is 2070. The van der Waals surface area contributed by atoms with E-state index in [2.05, 4.69) is 49.9 Å². The molecule has 1 spiro atoms. The lowest BCUT2D eigenvalue weighted by Gasteiger charge is -2.37. The number of methoxy groups -OCH3 is 2. The van der Waals surface area contributed by atoms with E-state index in [1.807, 2.05) is 52.0 Å². The van der Waals surface area contributed by atoms with Crippen molar-refractivity contribution in [1.82, 2.24) is 40.5 Å². The summed E-state index contributed by atoms with van der Waals surface area (Å²) in [5, 5.41) is 6.78. The van der Waals surface area contributed by atoms with E-state index in [4.69, 9.17) is 19.3 Å². The van der Waals surface area contributed by atoms with Gasteiger partial charge in [-0.3, -0.25) is 14.4 Å². The van der Waals surface area contributed by atoms with Crippen LogP contribution in [0.15, 0.2) is 60.9 Å². The van der Waals surface area contributed by atoms with Crippen LogP contribution >= 0.6 is 0 Å². The van der Waals surface area contributed by atoms with Gasteiger partial charge in [0, 0.05) is 13.0 Å². The van der Waals surface area contributed by atoms with Gasteiger partial charge in [-0.15, -0.1) is 0 Å². The van der Waals surface area contributed by atoms with Crippen molar-refractivity contribution < 1.29 is 33.5 Å². The molecule has 2 aliphatic heterocycles. The minimum atomic E-state index is -0.815. The van der Waals surface area contributed by atoms with Gasteiger partial charge in [-0.1, -0.05) is 76.2 Å². The first kappa shape index (κ1) is 39.5. The highest BCUT2D eigenvalue weighted by atomic mass is 16.7. The number of carbonyl (C=O) groups excluding carboxylic acids is 4. The molecular weight excluding hydrogens is 729 g/mol. The number of aromatic nitrogens is 4. The minimum absolute atomic E-state index is 0.109. The standard InChI is InChI=1S/C42H52N8O7/c1-24(2)34(47-40(53)55-5)38(51)49-20-7-9-32(49)36-43-22-30(45-36)28-14-10-26(11-15-28)27-12-16-29(17-13-27)31-23-44-37(46-31)33-21-42(18-8-19-42)57-50(33)39(52)35(25(3)4)48-41(54)56-6/h10-17,22-25,32-35H,7-9,18-21H2,1-6H3,(H,43,45)(H,44,46)(H,47,53)(H,48,54)/t32-,33-,34-,35-/m0/s1. The minimum Gasteiger partial charge on any atom is -0.453 e. The number of rotatable bonds is 11. The number of H-pyrrole nitrogens is 2. The molecule has 0 radical (unpaired) electrons. The zero-order valence-electron chi connectivity index (χ0n) is 33.3. The Kier molecular flexibility index (Phi) is 11.4. The van der Waals surface area contributed by atoms with E-state index in [0.717, 1.165) is 71.6 Å². The van der Waals surface area contributed by atoms with E-state index in [1.54, 1.807) is 17.3 Å². The fourth-order valence-electron chi connectivity index (χ4n) is 8.04. The van der Waals surface area contributed by atoms with Crippen LogP contribution in [0.25, 0.3) is 33.6 Å². The molecule has 3 aliphatic rings. The van der Waals surface area contributed by atoms with Crippen LogP contribution in [0.5, 0.6) is 0 Å². The topological polar surface area (TPSA) is 184 Å². The number of aromatic amines is 2. The van der Waals surface area contributed by atoms with Gasteiger partial charge in [0.15, 0.2) is 0 Å². The SMILES string of the molecule is COC(=O)N[C@H](C(=O)N1CCC[C@H]1c1ncc(-c2ccc(-c3ccc(-c4cnc([C@@H]5CC6(CCC6)ON5C(=O)[C@@H](NC(=O)OC)C(C)C)[nH]4)cc3)cc2)[nH]1)C(C)C. The lowest BCUT2D eigenvalue weighted by molar-refractivity contribution is -0.230. The van der Waals surface area contributed by atoms with Crippen molar-refractivity contribution in [2.45, 2.75) is 96.0 Å². The third kappa shape index (κ3) is 8.11. The quantitative estimate of drug-likeness (QED) is 0.129. The summed E-state index contributed by atoms with van der Waals surface area (Å²) in [7, 11) is 2.56. The molecule has 302 valence electrons. The number of nitrogens with zero attached hydrogens (tertiary/aromatic N) is 4. The molecule has 15 nitrogen and oxygen atoms in total. The molecule has 4 aromatic rings. The number of amides is 4. The summed E-state index contributed by atoms with van der Waals surface area (Å²) in [6.45, 7) is 8.13. The molecule has 0 unspecified atom stereocenters. The van der Waals surface area contributed by atoms with Crippen molar-refractivity contribution in [3.05, 3.63) is 72.6 Å². The second kappa shape index (κ2) is 16.4. The number of benzene rings is 2. The Balaban J connectivity index is 1.02. The monoisotopic (exact) mass is 780 g/mol. The van der Waals surface area contributed by atoms with Gasteiger partial charge in [-0.25, -0.2) is 24.6 Å². The highest BCUT2D eigenvalue weighted by molar-refractivity contribution is 5.87. The maximum atomic E-state index is 13.8. The Morgan fingerprint density at radius 2 is 1.19 bits per heavy atom. The summed E-state index contributed by atoms with van der Waals surface area (Å²) < 4.78 is 9.54. The first-order valence-electron chi connectivity index (χ1n) is 19.7. The molecule has 57 heavy (non-hydrogen) atoms.